The number of nitrogens with one attached hydrogen (secondary N) is 2. The van der Waals surface area contributed by atoms with E-state index in [1.165, 1.54) is 0 Å². The normalized spacial score (nSPS) is 10.2. The minimum atomic E-state index is -0.397. The van der Waals surface area contributed by atoms with E-state index in [2.05, 4.69) is 26.7 Å². The Hall–Kier alpha value is -3.43. The van der Waals surface area contributed by atoms with Crippen molar-refractivity contribution in [3.8, 4) is 6.07 Å². The molecule has 2 aromatic carbocycles. The van der Waals surface area contributed by atoms with Crippen molar-refractivity contribution in [3.05, 3.63) is 82.1 Å². The number of anilines is 2. The Morgan fingerprint density at radius 3 is 2.75 bits per heavy atom. The van der Waals surface area contributed by atoms with Gasteiger partial charge in [-0.1, -0.05) is 35.9 Å². The van der Waals surface area contributed by atoms with Gasteiger partial charge in [-0.3, -0.25) is 4.79 Å². The van der Waals surface area contributed by atoms with E-state index in [-0.39, 0.29) is 5.69 Å². The number of aromatic nitrogens is 2. The van der Waals surface area contributed by atoms with Gasteiger partial charge < -0.3 is 10.6 Å². The van der Waals surface area contributed by atoms with E-state index in [0.717, 1.165) is 12.0 Å². The lowest BCUT2D eigenvalue weighted by Gasteiger charge is -2.10. The van der Waals surface area contributed by atoms with E-state index in [0.29, 0.717) is 34.5 Å². The number of nitriles is 1. The van der Waals surface area contributed by atoms with Crippen LogP contribution in [0.25, 0.3) is 0 Å². The van der Waals surface area contributed by atoms with Gasteiger partial charge in [0.25, 0.3) is 5.91 Å². The molecule has 1 amide bonds. The van der Waals surface area contributed by atoms with Gasteiger partial charge in [0.05, 0.1) is 11.3 Å². The van der Waals surface area contributed by atoms with Gasteiger partial charge in [0.15, 0.2) is 0 Å². The first kappa shape index (κ1) is 19.3. The lowest BCUT2D eigenvalue weighted by Crippen LogP contribution is -2.17. The number of rotatable bonds is 6. The number of hydrogen-bond donors (Lipinski definition) is 2. The number of carbonyl (C=O) groups is 1. The Labute approximate surface area is 168 Å². The molecule has 3 aromatic rings. The SMILES string of the molecule is Cc1cc(C(=O)Nc2ccccc2C#N)nc(NCCc2cccc(Cl)c2)n1. The number of halogens is 1. The summed E-state index contributed by atoms with van der Waals surface area (Å²) in [5, 5.41) is 15.7. The molecule has 3 rings (SSSR count). The van der Waals surface area contributed by atoms with Crippen LogP contribution in [0.5, 0.6) is 0 Å². The molecule has 0 saturated heterocycles. The molecule has 140 valence electrons. The summed E-state index contributed by atoms with van der Waals surface area (Å²) in [7, 11) is 0. The largest absolute Gasteiger partial charge is 0.354 e. The predicted molar refractivity (Wildman–Crippen MR) is 110 cm³/mol. The molecule has 0 fully saturated rings. The van der Waals surface area contributed by atoms with Gasteiger partial charge in [-0.05, 0) is 49.2 Å². The van der Waals surface area contributed by atoms with Crippen molar-refractivity contribution in [2.75, 3.05) is 17.2 Å². The third-order valence-electron chi connectivity index (χ3n) is 3.97. The summed E-state index contributed by atoms with van der Waals surface area (Å²) in [4.78, 5) is 21.2. The van der Waals surface area contributed by atoms with Crippen molar-refractivity contribution in [1.82, 2.24) is 9.97 Å². The summed E-state index contributed by atoms with van der Waals surface area (Å²) in [6, 6.07) is 18.1. The Kier molecular flexibility index (Phi) is 6.20. The molecule has 7 heteroatoms. The number of benzene rings is 2. The fourth-order valence-corrected chi connectivity index (χ4v) is 2.86. The van der Waals surface area contributed by atoms with E-state index in [9.17, 15) is 4.79 Å². The Balaban J connectivity index is 1.68. The molecule has 0 aliphatic heterocycles. The summed E-state index contributed by atoms with van der Waals surface area (Å²) >= 11 is 6.00. The number of hydrogen-bond acceptors (Lipinski definition) is 5. The van der Waals surface area contributed by atoms with Gasteiger partial charge in [0, 0.05) is 17.3 Å². The maximum Gasteiger partial charge on any atom is 0.274 e. The van der Waals surface area contributed by atoms with Gasteiger partial charge in [-0.25, -0.2) is 9.97 Å². The van der Waals surface area contributed by atoms with Crippen LogP contribution in [-0.4, -0.2) is 22.4 Å². The summed E-state index contributed by atoms with van der Waals surface area (Å²) < 4.78 is 0. The fourth-order valence-electron chi connectivity index (χ4n) is 2.65. The van der Waals surface area contributed by atoms with Crippen LogP contribution in [0.15, 0.2) is 54.6 Å². The summed E-state index contributed by atoms with van der Waals surface area (Å²) in [5.41, 5.74) is 2.83. The highest BCUT2D eigenvalue weighted by Gasteiger charge is 2.12. The molecule has 2 N–H and O–H groups in total. The van der Waals surface area contributed by atoms with Gasteiger partial charge in [0.1, 0.15) is 11.8 Å². The van der Waals surface area contributed by atoms with Crippen molar-refractivity contribution in [2.45, 2.75) is 13.3 Å². The molecule has 1 heterocycles. The van der Waals surface area contributed by atoms with Crippen molar-refractivity contribution >= 4 is 29.1 Å². The van der Waals surface area contributed by atoms with Crippen LogP contribution in [0.2, 0.25) is 5.02 Å². The second kappa shape index (κ2) is 8.98. The monoisotopic (exact) mass is 391 g/mol. The van der Waals surface area contributed by atoms with Crippen molar-refractivity contribution in [2.24, 2.45) is 0 Å². The van der Waals surface area contributed by atoms with Crippen molar-refractivity contribution < 1.29 is 4.79 Å². The van der Waals surface area contributed by atoms with Gasteiger partial charge in [0.2, 0.25) is 5.95 Å². The van der Waals surface area contributed by atoms with Crippen LogP contribution in [-0.2, 0) is 6.42 Å². The minimum absolute atomic E-state index is 0.227. The average molecular weight is 392 g/mol. The predicted octanol–water partition coefficient (Wildman–Crippen LogP) is 4.22. The Bertz CT molecular complexity index is 1040. The number of amides is 1. The zero-order valence-corrected chi connectivity index (χ0v) is 16.0. The summed E-state index contributed by atoms with van der Waals surface area (Å²) in [6.45, 7) is 2.39. The van der Waals surface area contributed by atoms with Gasteiger partial charge >= 0.3 is 0 Å². The standard InChI is InChI=1S/C21H18ClN5O/c1-14-11-19(20(28)26-18-8-3-2-6-16(18)13-23)27-21(25-14)24-10-9-15-5-4-7-17(22)12-15/h2-8,11-12H,9-10H2,1H3,(H,26,28)(H,24,25,27). The Morgan fingerprint density at radius 1 is 1.14 bits per heavy atom. The second-order valence-electron chi connectivity index (χ2n) is 6.14. The molecule has 0 radical (unpaired) electrons. The number of nitrogens with zero attached hydrogens (tertiary/aromatic N) is 3. The zero-order chi connectivity index (χ0) is 19.9. The van der Waals surface area contributed by atoms with Crippen LogP contribution in [0.4, 0.5) is 11.6 Å². The third-order valence-corrected chi connectivity index (χ3v) is 4.20. The van der Waals surface area contributed by atoms with Crippen LogP contribution >= 0.6 is 11.6 Å². The molecule has 0 aliphatic carbocycles. The third kappa shape index (κ3) is 5.06. The first-order chi connectivity index (χ1) is 13.5. The Morgan fingerprint density at radius 2 is 1.96 bits per heavy atom. The molecule has 0 aliphatic rings. The quantitative estimate of drug-likeness (QED) is 0.656. The molecule has 1 aromatic heterocycles. The van der Waals surface area contributed by atoms with Gasteiger partial charge in [-0.15, -0.1) is 0 Å². The molecular formula is C21H18ClN5O. The first-order valence-corrected chi connectivity index (χ1v) is 9.07. The molecule has 0 saturated carbocycles. The molecule has 0 atom stereocenters. The average Bonchev–Trinajstić information content (AvgIpc) is 2.68. The van der Waals surface area contributed by atoms with Crippen LogP contribution in [0, 0.1) is 18.3 Å². The summed E-state index contributed by atoms with van der Waals surface area (Å²) in [5.74, 6) is -0.0214. The number of aryl methyl sites for hydroxylation is 1. The smallest absolute Gasteiger partial charge is 0.274 e. The molecular weight excluding hydrogens is 374 g/mol. The topological polar surface area (TPSA) is 90.7 Å². The number of para-hydroxylation sites is 1. The second-order valence-corrected chi connectivity index (χ2v) is 6.57. The van der Waals surface area contributed by atoms with Crippen LogP contribution in [0.3, 0.4) is 0 Å². The lowest BCUT2D eigenvalue weighted by atomic mass is 10.1. The minimum Gasteiger partial charge on any atom is -0.354 e. The number of carbonyl (C=O) groups excluding carboxylic acids is 1. The highest BCUT2D eigenvalue weighted by atomic mass is 35.5. The first-order valence-electron chi connectivity index (χ1n) is 8.69. The van der Waals surface area contributed by atoms with Crippen molar-refractivity contribution in [3.63, 3.8) is 0 Å². The lowest BCUT2D eigenvalue weighted by molar-refractivity contribution is 0.102. The van der Waals surface area contributed by atoms with Crippen LogP contribution < -0.4 is 10.6 Å². The zero-order valence-electron chi connectivity index (χ0n) is 15.2. The van der Waals surface area contributed by atoms with E-state index in [1.807, 2.05) is 24.3 Å². The van der Waals surface area contributed by atoms with Crippen molar-refractivity contribution in [1.29, 1.82) is 5.26 Å². The highest BCUT2D eigenvalue weighted by molar-refractivity contribution is 6.30. The van der Waals surface area contributed by atoms with E-state index >= 15 is 0 Å². The van der Waals surface area contributed by atoms with Gasteiger partial charge in [-0.2, -0.15) is 5.26 Å². The maximum absolute atomic E-state index is 12.6. The molecule has 0 bridgehead atoms. The molecule has 0 unspecified atom stereocenters. The van der Waals surface area contributed by atoms with Crippen LogP contribution in [0.1, 0.15) is 27.3 Å². The van der Waals surface area contributed by atoms with E-state index in [1.54, 1.807) is 37.3 Å². The molecule has 6 nitrogen and oxygen atoms in total. The van der Waals surface area contributed by atoms with E-state index < -0.39 is 5.91 Å². The molecule has 0 spiro atoms. The fraction of sp³-hybridized carbons (Fsp3) is 0.143. The maximum atomic E-state index is 12.6. The molecule has 28 heavy (non-hydrogen) atoms. The van der Waals surface area contributed by atoms with E-state index in [4.69, 9.17) is 16.9 Å². The highest BCUT2D eigenvalue weighted by Crippen LogP contribution is 2.16. The summed E-state index contributed by atoms with van der Waals surface area (Å²) in [6.07, 6.45) is 0.745.